The minimum absolute atomic E-state index is 0.0496. The third-order valence-electron chi connectivity index (χ3n) is 9.75. The molecule has 1 saturated carbocycles. The molecule has 0 aromatic heterocycles. The van der Waals surface area contributed by atoms with Gasteiger partial charge in [0.25, 0.3) is 0 Å². The van der Waals surface area contributed by atoms with E-state index in [9.17, 15) is 28.7 Å². The fraction of sp³-hybridized carbons (Fsp3) is 0.273. The molecule has 0 bridgehead atoms. The van der Waals surface area contributed by atoms with E-state index >= 15 is 0 Å². The summed E-state index contributed by atoms with van der Waals surface area (Å²) in [5, 5.41) is 9.82. The highest BCUT2D eigenvalue weighted by atomic mass is 79.9. The van der Waals surface area contributed by atoms with Crippen LogP contribution in [0.3, 0.4) is 0 Å². The molecular formula is C33H25BrClFN2O5. The van der Waals surface area contributed by atoms with E-state index in [0.29, 0.717) is 17.7 Å². The van der Waals surface area contributed by atoms with E-state index in [0.717, 1.165) is 21.0 Å². The Hall–Kier alpha value is -3.82. The summed E-state index contributed by atoms with van der Waals surface area (Å²) >= 11 is 9.44. The predicted octanol–water partition coefficient (Wildman–Crippen LogP) is 6.38. The number of nitrogens with zero attached hydrogens (tertiary/aromatic N) is 2. The minimum atomic E-state index is -1.25. The normalized spacial score (nSPS) is 29.9. The van der Waals surface area contributed by atoms with Crippen molar-refractivity contribution in [3.63, 3.8) is 0 Å². The standard InChI is InChI=1S/C33H25BrClFN2O5/c1-33-24(30(41)38(32(33)43)19-8-13-26(36)25(35)14-19)15-23-21(28(33)16-2-9-20(39)10-3-16)11-12-22-27(23)31(42)37(29(22)40)18-6-4-17(34)5-7-18/h2-11,13-14,22-24,27-28,39H,12,15H2,1H3. The highest BCUT2D eigenvalue weighted by Gasteiger charge is 2.67. The molecule has 3 fully saturated rings. The fourth-order valence-electron chi connectivity index (χ4n) is 7.78. The van der Waals surface area contributed by atoms with Crippen molar-refractivity contribution < 1.29 is 28.7 Å². The monoisotopic (exact) mass is 662 g/mol. The molecule has 2 saturated heterocycles. The quantitative estimate of drug-likeness (QED) is 0.259. The van der Waals surface area contributed by atoms with Gasteiger partial charge >= 0.3 is 0 Å². The third-order valence-corrected chi connectivity index (χ3v) is 10.6. The molecular weight excluding hydrogens is 639 g/mol. The summed E-state index contributed by atoms with van der Waals surface area (Å²) in [6, 6.07) is 17.2. The number of anilines is 2. The number of phenols is 1. The van der Waals surface area contributed by atoms with E-state index in [-0.39, 0.29) is 34.7 Å². The van der Waals surface area contributed by atoms with E-state index in [1.807, 2.05) is 6.08 Å². The minimum Gasteiger partial charge on any atom is -0.508 e. The Morgan fingerprint density at radius 3 is 2.23 bits per heavy atom. The zero-order valence-electron chi connectivity index (χ0n) is 22.8. The number of amides is 4. The first-order valence-electron chi connectivity index (χ1n) is 14.0. The van der Waals surface area contributed by atoms with Gasteiger partial charge in [0.15, 0.2) is 0 Å². The van der Waals surface area contributed by atoms with Crippen molar-refractivity contribution in [2.75, 3.05) is 9.80 Å². The van der Waals surface area contributed by atoms with Crippen LogP contribution in [0.4, 0.5) is 15.8 Å². The number of hydrogen-bond acceptors (Lipinski definition) is 5. The van der Waals surface area contributed by atoms with Gasteiger partial charge in [-0.2, -0.15) is 0 Å². The van der Waals surface area contributed by atoms with Crippen LogP contribution in [0, 0.1) is 34.9 Å². The van der Waals surface area contributed by atoms with Crippen LogP contribution in [-0.2, 0) is 19.2 Å². The number of carbonyl (C=O) groups excluding carboxylic acids is 4. The summed E-state index contributed by atoms with van der Waals surface area (Å²) in [6.07, 6.45) is 2.49. The molecule has 43 heavy (non-hydrogen) atoms. The molecule has 218 valence electrons. The van der Waals surface area contributed by atoms with Gasteiger partial charge in [0.2, 0.25) is 23.6 Å². The number of carbonyl (C=O) groups is 4. The molecule has 10 heteroatoms. The van der Waals surface area contributed by atoms with Crippen molar-refractivity contribution in [3.8, 4) is 5.75 Å². The summed E-state index contributed by atoms with van der Waals surface area (Å²) in [5.41, 5.74) is 0.952. The highest BCUT2D eigenvalue weighted by Crippen LogP contribution is 2.63. The highest BCUT2D eigenvalue weighted by molar-refractivity contribution is 9.10. The number of rotatable bonds is 3. The summed E-state index contributed by atoms with van der Waals surface area (Å²) in [6.45, 7) is 1.76. The average molecular weight is 664 g/mol. The largest absolute Gasteiger partial charge is 0.508 e. The Bertz CT molecular complexity index is 1760. The maximum Gasteiger partial charge on any atom is 0.241 e. The van der Waals surface area contributed by atoms with Crippen molar-refractivity contribution in [3.05, 3.63) is 99.3 Å². The molecule has 0 radical (unpaired) electrons. The molecule has 3 aromatic rings. The van der Waals surface area contributed by atoms with Gasteiger partial charge in [-0.1, -0.05) is 51.3 Å². The van der Waals surface area contributed by atoms with E-state index in [2.05, 4.69) is 15.9 Å². The van der Waals surface area contributed by atoms with Crippen LogP contribution in [0.15, 0.2) is 82.9 Å². The molecule has 2 aliphatic carbocycles. The smallest absolute Gasteiger partial charge is 0.241 e. The Morgan fingerprint density at radius 2 is 1.56 bits per heavy atom. The molecule has 7 nitrogen and oxygen atoms in total. The molecule has 6 atom stereocenters. The van der Waals surface area contributed by atoms with Crippen LogP contribution < -0.4 is 9.80 Å². The number of fused-ring (bicyclic) bond motifs is 4. The fourth-order valence-corrected chi connectivity index (χ4v) is 8.22. The van der Waals surface area contributed by atoms with Crippen LogP contribution in [0.2, 0.25) is 5.02 Å². The summed E-state index contributed by atoms with van der Waals surface area (Å²) in [5.74, 6) is -5.32. The first-order chi connectivity index (χ1) is 20.5. The molecule has 3 aromatic carbocycles. The van der Waals surface area contributed by atoms with Crippen molar-refractivity contribution in [2.45, 2.75) is 25.7 Å². The molecule has 2 aliphatic heterocycles. The predicted molar refractivity (Wildman–Crippen MR) is 161 cm³/mol. The number of benzene rings is 3. The maximum atomic E-state index is 14.4. The lowest BCUT2D eigenvalue weighted by molar-refractivity contribution is -0.131. The van der Waals surface area contributed by atoms with Gasteiger partial charge in [0.05, 0.1) is 39.6 Å². The Labute approximate surface area is 260 Å². The lowest BCUT2D eigenvalue weighted by Gasteiger charge is -2.49. The first-order valence-corrected chi connectivity index (χ1v) is 15.1. The van der Waals surface area contributed by atoms with Crippen molar-refractivity contribution in [1.29, 1.82) is 0 Å². The second-order valence-corrected chi connectivity index (χ2v) is 13.2. The second kappa shape index (κ2) is 9.86. The number of aromatic hydroxyl groups is 1. The van der Waals surface area contributed by atoms with Gasteiger partial charge in [-0.15, -0.1) is 0 Å². The van der Waals surface area contributed by atoms with E-state index in [4.69, 9.17) is 11.6 Å². The van der Waals surface area contributed by atoms with E-state index in [1.54, 1.807) is 43.3 Å². The van der Waals surface area contributed by atoms with Gasteiger partial charge in [-0.25, -0.2) is 9.29 Å². The zero-order valence-corrected chi connectivity index (χ0v) is 25.2. The van der Waals surface area contributed by atoms with Crippen LogP contribution >= 0.6 is 27.5 Å². The van der Waals surface area contributed by atoms with Crippen LogP contribution in [-0.4, -0.2) is 28.7 Å². The number of halogens is 3. The molecule has 1 N–H and O–H groups in total. The van der Waals surface area contributed by atoms with Gasteiger partial charge in [-0.05, 0) is 85.8 Å². The van der Waals surface area contributed by atoms with Gasteiger partial charge in [-0.3, -0.25) is 24.1 Å². The molecule has 0 spiro atoms. The van der Waals surface area contributed by atoms with Crippen molar-refractivity contribution >= 4 is 62.5 Å². The summed E-state index contributed by atoms with van der Waals surface area (Å²) in [4.78, 5) is 58.6. The Balaban J connectivity index is 1.35. The van der Waals surface area contributed by atoms with Gasteiger partial charge in [0, 0.05) is 10.4 Å². The Morgan fingerprint density at radius 1 is 0.884 bits per heavy atom. The SMILES string of the molecule is CC12C(=O)N(c3ccc(F)c(Cl)c3)C(=O)C1CC1C(=CCC3C(=O)N(c4ccc(Br)cc4)C(=O)C31)C2c1ccc(O)cc1. The lowest BCUT2D eigenvalue weighted by Crippen LogP contribution is -2.48. The molecule has 6 unspecified atom stereocenters. The topological polar surface area (TPSA) is 95.0 Å². The van der Waals surface area contributed by atoms with Crippen LogP contribution in [0.1, 0.15) is 31.2 Å². The number of imide groups is 2. The van der Waals surface area contributed by atoms with Crippen molar-refractivity contribution in [2.24, 2.45) is 29.1 Å². The molecule has 7 rings (SSSR count). The maximum absolute atomic E-state index is 14.4. The lowest BCUT2D eigenvalue weighted by atomic mass is 9.51. The van der Waals surface area contributed by atoms with Crippen LogP contribution in [0.5, 0.6) is 5.75 Å². The number of allylic oxidation sites excluding steroid dienone is 2. The van der Waals surface area contributed by atoms with Crippen molar-refractivity contribution in [1.82, 2.24) is 0 Å². The second-order valence-electron chi connectivity index (χ2n) is 11.8. The third kappa shape index (κ3) is 3.97. The number of phenolic OH excluding ortho intramolecular Hbond substituents is 1. The van der Waals surface area contributed by atoms with E-state index < -0.39 is 52.6 Å². The van der Waals surface area contributed by atoms with E-state index in [1.165, 1.54) is 29.2 Å². The zero-order chi connectivity index (χ0) is 30.4. The summed E-state index contributed by atoms with van der Waals surface area (Å²) < 4.78 is 14.8. The van der Waals surface area contributed by atoms with Crippen LogP contribution in [0.25, 0.3) is 0 Å². The molecule has 4 aliphatic rings. The summed E-state index contributed by atoms with van der Waals surface area (Å²) in [7, 11) is 0. The Kier molecular flexibility index (Phi) is 6.41. The first kappa shape index (κ1) is 28.0. The number of hydrogen-bond donors (Lipinski definition) is 1. The molecule has 2 heterocycles. The molecule has 4 amide bonds. The van der Waals surface area contributed by atoms with Gasteiger partial charge in [0.1, 0.15) is 11.6 Å². The van der Waals surface area contributed by atoms with Gasteiger partial charge < -0.3 is 5.11 Å². The average Bonchev–Trinajstić information content (AvgIpc) is 3.35.